The van der Waals surface area contributed by atoms with Crippen LogP contribution in [0.15, 0.2) is 54.6 Å². The van der Waals surface area contributed by atoms with Crippen LogP contribution >= 0.6 is 0 Å². The van der Waals surface area contributed by atoms with E-state index in [1.165, 1.54) is 12.8 Å². The summed E-state index contributed by atoms with van der Waals surface area (Å²) in [5.74, 6) is 2.02. The van der Waals surface area contributed by atoms with Gasteiger partial charge >= 0.3 is 0 Å². The largest absolute Gasteiger partial charge is 0.493 e. The Morgan fingerprint density at radius 1 is 1.03 bits per heavy atom. The second-order valence-corrected chi connectivity index (χ2v) is 8.17. The van der Waals surface area contributed by atoms with E-state index in [9.17, 15) is 4.79 Å². The van der Waals surface area contributed by atoms with Crippen LogP contribution in [0.3, 0.4) is 0 Å². The average molecular weight is 456 g/mol. The van der Waals surface area contributed by atoms with Crippen molar-refractivity contribution < 1.29 is 14.3 Å². The molecule has 0 atom stereocenters. The summed E-state index contributed by atoms with van der Waals surface area (Å²) < 4.78 is 13.8. The highest BCUT2D eigenvalue weighted by Crippen LogP contribution is 2.36. The minimum Gasteiger partial charge on any atom is -0.493 e. The molecule has 2 aromatic heterocycles. The third-order valence-corrected chi connectivity index (χ3v) is 5.95. The highest BCUT2D eigenvalue weighted by molar-refractivity contribution is 5.90. The van der Waals surface area contributed by atoms with E-state index in [0.29, 0.717) is 17.4 Å². The maximum atomic E-state index is 11.4. The maximum absolute atomic E-state index is 11.4. The third-order valence-electron chi connectivity index (χ3n) is 5.95. The molecule has 1 aliphatic carbocycles. The van der Waals surface area contributed by atoms with Gasteiger partial charge in [-0.2, -0.15) is 0 Å². The maximum Gasteiger partial charge on any atom is 0.269 e. The molecule has 0 radical (unpaired) electrons. The van der Waals surface area contributed by atoms with Crippen LogP contribution in [0.2, 0.25) is 0 Å². The molecule has 8 heteroatoms. The molecule has 2 N–H and O–H groups in total. The van der Waals surface area contributed by atoms with Gasteiger partial charge in [-0.05, 0) is 68.2 Å². The Morgan fingerprint density at radius 3 is 2.59 bits per heavy atom. The highest BCUT2D eigenvalue weighted by Gasteiger charge is 2.20. The Hall–Kier alpha value is -4.20. The number of hydrogen-bond donors (Lipinski definition) is 1. The molecule has 2 heterocycles. The molecular formula is C26H25N5O3. The van der Waals surface area contributed by atoms with Crippen molar-refractivity contribution >= 4 is 29.1 Å². The van der Waals surface area contributed by atoms with E-state index in [4.69, 9.17) is 20.2 Å². The fraction of sp³-hybridized carbons (Fsp3) is 0.231. The number of nitrogens with zero attached hydrogens (tertiary/aromatic N) is 4. The number of para-hydroxylation sites is 3. The van der Waals surface area contributed by atoms with Crippen molar-refractivity contribution in [2.75, 3.05) is 7.11 Å². The highest BCUT2D eigenvalue weighted by atomic mass is 16.5. The van der Waals surface area contributed by atoms with Gasteiger partial charge in [-0.15, -0.1) is 10.2 Å². The smallest absolute Gasteiger partial charge is 0.269 e. The number of benzene rings is 2. The molecule has 172 valence electrons. The first kappa shape index (κ1) is 21.6. The van der Waals surface area contributed by atoms with Crippen molar-refractivity contribution in [3.05, 3.63) is 71.7 Å². The van der Waals surface area contributed by atoms with Gasteiger partial charge in [-0.3, -0.25) is 9.36 Å². The molecule has 1 saturated carbocycles. The Kier molecular flexibility index (Phi) is 5.95. The van der Waals surface area contributed by atoms with Crippen molar-refractivity contribution in [1.29, 1.82) is 0 Å². The minimum atomic E-state index is -0.623. The van der Waals surface area contributed by atoms with E-state index in [2.05, 4.69) is 10.2 Å². The Balaban J connectivity index is 1.56. The Labute approximate surface area is 197 Å². The molecule has 2 aromatic carbocycles. The zero-order chi connectivity index (χ0) is 23.5. The number of fused-ring (bicyclic) bond motifs is 1. The van der Waals surface area contributed by atoms with Crippen LogP contribution < -0.4 is 15.2 Å². The zero-order valence-electron chi connectivity index (χ0n) is 18.8. The van der Waals surface area contributed by atoms with Crippen LogP contribution in [-0.4, -0.2) is 38.9 Å². The van der Waals surface area contributed by atoms with Gasteiger partial charge in [-0.25, -0.2) is 4.98 Å². The zero-order valence-corrected chi connectivity index (χ0v) is 18.8. The molecule has 0 bridgehead atoms. The molecule has 1 amide bonds. The van der Waals surface area contributed by atoms with Crippen LogP contribution in [0.5, 0.6) is 11.5 Å². The summed E-state index contributed by atoms with van der Waals surface area (Å²) in [6, 6.07) is 16.9. The number of nitrogens with two attached hydrogens (primary N) is 1. The Morgan fingerprint density at radius 2 is 1.85 bits per heavy atom. The quantitative estimate of drug-likeness (QED) is 0.442. The minimum absolute atomic E-state index is 0.107. The molecule has 5 rings (SSSR count). The van der Waals surface area contributed by atoms with Crippen LogP contribution in [0.1, 0.15) is 47.6 Å². The number of carbonyl (C=O) groups excluding carboxylic acids is 1. The average Bonchev–Trinajstić information content (AvgIpc) is 3.51. The first-order valence-electron chi connectivity index (χ1n) is 11.3. The van der Waals surface area contributed by atoms with Gasteiger partial charge in [0.1, 0.15) is 5.82 Å². The standard InChI is InChI=1S/C26H25N5O3/c1-33-22-12-6-7-17(25(22)34-18-8-2-3-9-18)13-15-23-28-19-10-4-5-11-21(19)31(23)24-16-14-20(26(27)32)29-30-24/h4-7,10-16,18H,2-3,8-9H2,1H3,(H2,27,32)/b15-13+. The van der Waals surface area contributed by atoms with Gasteiger partial charge in [0.05, 0.1) is 24.2 Å². The number of imidazole rings is 1. The summed E-state index contributed by atoms with van der Waals surface area (Å²) in [6.45, 7) is 0. The fourth-order valence-corrected chi connectivity index (χ4v) is 4.26. The van der Waals surface area contributed by atoms with E-state index in [1.807, 2.05) is 59.2 Å². The number of rotatable bonds is 7. The van der Waals surface area contributed by atoms with Gasteiger partial charge in [0, 0.05) is 5.56 Å². The van der Waals surface area contributed by atoms with Crippen LogP contribution in [-0.2, 0) is 0 Å². The van der Waals surface area contributed by atoms with Crippen molar-refractivity contribution in [2.45, 2.75) is 31.8 Å². The molecule has 34 heavy (non-hydrogen) atoms. The molecule has 8 nitrogen and oxygen atoms in total. The predicted molar refractivity (Wildman–Crippen MR) is 130 cm³/mol. The molecule has 0 saturated heterocycles. The summed E-state index contributed by atoms with van der Waals surface area (Å²) >= 11 is 0. The van der Waals surface area contributed by atoms with Crippen LogP contribution in [0.25, 0.3) is 29.0 Å². The molecule has 1 aliphatic rings. The van der Waals surface area contributed by atoms with E-state index in [-0.39, 0.29) is 11.8 Å². The summed E-state index contributed by atoms with van der Waals surface area (Å²) in [5.41, 5.74) is 8.01. The number of primary amides is 1. The van der Waals surface area contributed by atoms with Gasteiger partial charge in [-0.1, -0.05) is 24.3 Å². The second kappa shape index (κ2) is 9.35. The van der Waals surface area contributed by atoms with Crippen molar-refractivity contribution in [1.82, 2.24) is 19.7 Å². The summed E-state index contributed by atoms with van der Waals surface area (Å²) in [4.78, 5) is 16.2. The SMILES string of the molecule is COc1cccc(/C=C/c2nc3ccccc3n2-c2ccc(C(N)=O)nn2)c1OC1CCCC1. The number of hydrogen-bond acceptors (Lipinski definition) is 6. The second-order valence-electron chi connectivity index (χ2n) is 8.17. The fourth-order valence-electron chi connectivity index (χ4n) is 4.26. The van der Waals surface area contributed by atoms with Gasteiger partial charge < -0.3 is 15.2 Å². The van der Waals surface area contributed by atoms with E-state index >= 15 is 0 Å². The number of carbonyl (C=O) groups is 1. The number of methoxy groups -OCH3 is 1. The lowest BCUT2D eigenvalue weighted by Crippen LogP contribution is -2.14. The predicted octanol–water partition coefficient (Wildman–Crippen LogP) is 4.41. The molecular weight excluding hydrogens is 430 g/mol. The van der Waals surface area contributed by atoms with Gasteiger partial charge in [0.2, 0.25) is 0 Å². The molecule has 4 aromatic rings. The Bertz CT molecular complexity index is 1350. The summed E-state index contributed by atoms with van der Waals surface area (Å²) in [6.07, 6.45) is 8.56. The first-order valence-corrected chi connectivity index (χ1v) is 11.3. The normalized spacial score (nSPS) is 14.1. The molecule has 0 spiro atoms. The van der Waals surface area contributed by atoms with Gasteiger partial charge in [0.15, 0.2) is 23.0 Å². The van der Waals surface area contributed by atoms with E-state index in [1.54, 1.807) is 19.2 Å². The summed E-state index contributed by atoms with van der Waals surface area (Å²) in [7, 11) is 1.65. The monoisotopic (exact) mass is 455 g/mol. The number of aromatic nitrogens is 4. The van der Waals surface area contributed by atoms with Crippen molar-refractivity contribution in [3.8, 4) is 17.3 Å². The lowest BCUT2D eigenvalue weighted by atomic mass is 10.1. The van der Waals surface area contributed by atoms with E-state index < -0.39 is 5.91 Å². The van der Waals surface area contributed by atoms with Crippen LogP contribution in [0.4, 0.5) is 0 Å². The number of amides is 1. The van der Waals surface area contributed by atoms with Crippen LogP contribution in [0, 0.1) is 0 Å². The van der Waals surface area contributed by atoms with Gasteiger partial charge in [0.25, 0.3) is 5.91 Å². The lowest BCUT2D eigenvalue weighted by molar-refractivity contribution is 0.0994. The van der Waals surface area contributed by atoms with Crippen molar-refractivity contribution in [3.63, 3.8) is 0 Å². The first-order chi connectivity index (χ1) is 16.6. The van der Waals surface area contributed by atoms with Crippen molar-refractivity contribution in [2.24, 2.45) is 5.73 Å². The topological polar surface area (TPSA) is 105 Å². The third kappa shape index (κ3) is 4.22. The molecule has 1 fully saturated rings. The summed E-state index contributed by atoms with van der Waals surface area (Å²) in [5, 5.41) is 8.18. The molecule has 0 aliphatic heterocycles. The lowest BCUT2D eigenvalue weighted by Gasteiger charge is -2.18. The van der Waals surface area contributed by atoms with E-state index in [0.717, 1.165) is 35.2 Å². The number of ether oxygens (including phenoxy) is 2. The molecule has 0 unspecified atom stereocenters.